The first-order valence-electron chi connectivity index (χ1n) is 16.3. The Morgan fingerprint density at radius 3 is 2.84 bits per heavy atom. The molecule has 1 unspecified atom stereocenters. The Balaban J connectivity index is 1.34. The summed E-state index contributed by atoms with van der Waals surface area (Å²) in [5, 5.41) is 10.3. The van der Waals surface area contributed by atoms with E-state index < -0.39 is 23.3 Å². The normalized spacial score (nSPS) is 25.2. The number of alkyl halides is 1. The molecular formula is C34H33ClF3N7O3S. The summed E-state index contributed by atoms with van der Waals surface area (Å²) in [5.74, 6) is -1.36. The van der Waals surface area contributed by atoms with Crippen LogP contribution >= 0.6 is 22.9 Å². The van der Waals surface area contributed by atoms with Gasteiger partial charge in [0.15, 0.2) is 11.6 Å². The number of anilines is 2. The number of nitrogens with zero attached hydrogens (tertiary/aromatic N) is 6. The van der Waals surface area contributed by atoms with Crippen LogP contribution in [0.5, 0.6) is 11.8 Å². The Labute approximate surface area is 289 Å². The number of halogens is 4. The number of thiophene rings is 1. The largest absolute Gasteiger partial charge is 0.489 e. The van der Waals surface area contributed by atoms with Gasteiger partial charge in [0.1, 0.15) is 47.6 Å². The number of fused-ring (bicyclic) bond motifs is 2. The molecule has 0 saturated carbocycles. The fourth-order valence-electron chi connectivity index (χ4n) is 8.11. The molecule has 0 aliphatic carbocycles. The number of rotatable bonds is 6. The number of carbonyl (C=O) groups excluding carboxylic acids is 1. The molecule has 49 heavy (non-hydrogen) atoms. The van der Waals surface area contributed by atoms with Crippen molar-refractivity contribution in [3.05, 3.63) is 34.4 Å². The van der Waals surface area contributed by atoms with E-state index in [1.54, 1.807) is 11.9 Å². The van der Waals surface area contributed by atoms with Gasteiger partial charge in [-0.15, -0.1) is 11.3 Å². The minimum absolute atomic E-state index is 0.00465. The number of amides is 1. The van der Waals surface area contributed by atoms with E-state index in [9.17, 15) is 14.4 Å². The number of hydrogen-bond acceptors (Lipinski definition) is 10. The van der Waals surface area contributed by atoms with Crippen molar-refractivity contribution < 1.29 is 27.4 Å². The zero-order valence-electron chi connectivity index (χ0n) is 26.9. The molecule has 2 aromatic heterocycles. The number of nitrogen functional groups attached to an aromatic ring is 1. The van der Waals surface area contributed by atoms with Gasteiger partial charge in [-0.25, -0.2) is 13.2 Å². The Kier molecular flexibility index (Phi) is 7.73. The summed E-state index contributed by atoms with van der Waals surface area (Å²) in [6.45, 7) is 4.16. The van der Waals surface area contributed by atoms with E-state index in [1.807, 2.05) is 17.9 Å². The summed E-state index contributed by atoms with van der Waals surface area (Å²) in [5.41, 5.74) is 5.47. The SMILES string of the molecule is C[C@H]1COc2c(Cl)c(-c3ccc(F)c4sc(N)c(C#N)c34)c(F)c3nc(OC[C@@]45CCCN4C[C@H](F)C5)nc(c23)N1CC1CCN(C)C1=O. The highest BCUT2D eigenvalue weighted by atomic mass is 35.5. The van der Waals surface area contributed by atoms with E-state index in [-0.39, 0.29) is 90.5 Å². The highest BCUT2D eigenvalue weighted by Gasteiger charge is 2.49. The summed E-state index contributed by atoms with van der Waals surface area (Å²) in [6.07, 6.45) is 1.67. The first-order chi connectivity index (χ1) is 23.5. The number of ether oxygens (including phenoxy) is 2. The number of likely N-dealkylation sites (tertiary alicyclic amines) is 1. The van der Waals surface area contributed by atoms with Gasteiger partial charge in [0, 0.05) is 44.1 Å². The summed E-state index contributed by atoms with van der Waals surface area (Å²) in [6, 6.07) is 4.13. The Hall–Kier alpha value is -4.06. The average molecular weight is 712 g/mol. The van der Waals surface area contributed by atoms with Crippen LogP contribution in [0.2, 0.25) is 5.02 Å². The van der Waals surface area contributed by atoms with E-state index in [2.05, 4.69) is 9.88 Å². The van der Waals surface area contributed by atoms with Crippen LogP contribution in [0.25, 0.3) is 32.1 Å². The predicted octanol–water partition coefficient (Wildman–Crippen LogP) is 5.92. The standard InChI is InChI=1S/C34H33ClF3N7O3S/c1-16-14-47-28-24-27(26(38)23(25(28)35)19-4-5-21(37)29-22(19)20(11-39)30(40)49-29)41-33(48-15-34-7-3-8-44(34)13-18(36)10-34)42-31(24)45(16)12-17-6-9-43(2)32(17)46/h4-5,16-18H,3,6-10,12-15,40H2,1-2H3/t16-,17?,18+,34-/m0/s1. The predicted molar refractivity (Wildman–Crippen MR) is 181 cm³/mol. The molecule has 4 atom stereocenters. The van der Waals surface area contributed by atoms with Crippen LogP contribution < -0.4 is 20.1 Å². The molecule has 4 aromatic rings. The highest BCUT2D eigenvalue weighted by molar-refractivity contribution is 7.23. The second kappa shape index (κ2) is 11.8. The van der Waals surface area contributed by atoms with Gasteiger partial charge in [-0.3, -0.25) is 9.69 Å². The summed E-state index contributed by atoms with van der Waals surface area (Å²) in [4.78, 5) is 28.1. The molecule has 0 radical (unpaired) electrons. The maximum absolute atomic E-state index is 17.2. The minimum Gasteiger partial charge on any atom is -0.489 e. The smallest absolute Gasteiger partial charge is 0.319 e. The van der Waals surface area contributed by atoms with Crippen LogP contribution in [0, 0.1) is 28.9 Å². The number of aromatic nitrogens is 2. The topological polar surface area (TPSA) is 121 Å². The first-order valence-corrected chi connectivity index (χ1v) is 17.5. The summed E-state index contributed by atoms with van der Waals surface area (Å²) in [7, 11) is 1.76. The average Bonchev–Trinajstić information content (AvgIpc) is 3.78. The third kappa shape index (κ3) is 4.95. The van der Waals surface area contributed by atoms with Gasteiger partial charge in [0.2, 0.25) is 5.91 Å². The van der Waals surface area contributed by atoms with E-state index in [0.717, 1.165) is 30.7 Å². The van der Waals surface area contributed by atoms with Crippen LogP contribution in [0.1, 0.15) is 38.2 Å². The van der Waals surface area contributed by atoms with E-state index >= 15 is 8.78 Å². The van der Waals surface area contributed by atoms with Gasteiger partial charge in [-0.05, 0) is 44.4 Å². The number of nitrogens with two attached hydrogens (primary N) is 1. The molecule has 2 aromatic carbocycles. The van der Waals surface area contributed by atoms with Crippen molar-refractivity contribution in [3.63, 3.8) is 0 Å². The third-order valence-corrected chi connectivity index (χ3v) is 12.0. The number of benzene rings is 2. The lowest BCUT2D eigenvalue weighted by molar-refractivity contribution is -0.129. The van der Waals surface area contributed by atoms with Crippen LogP contribution in [0.4, 0.5) is 24.0 Å². The van der Waals surface area contributed by atoms with Gasteiger partial charge in [0.25, 0.3) is 0 Å². The fraction of sp³-hybridized carbons (Fsp3) is 0.471. The van der Waals surface area contributed by atoms with Gasteiger partial charge in [0.05, 0.1) is 38.2 Å². The zero-order chi connectivity index (χ0) is 34.4. The molecular weight excluding hydrogens is 679 g/mol. The maximum atomic E-state index is 17.2. The lowest BCUT2D eigenvalue weighted by Gasteiger charge is -2.32. The van der Waals surface area contributed by atoms with Crippen LogP contribution in [-0.4, -0.2) is 89.9 Å². The second-order valence-corrected chi connectivity index (χ2v) is 15.0. The molecule has 2 N–H and O–H groups in total. The highest BCUT2D eigenvalue weighted by Crippen LogP contribution is 2.51. The lowest BCUT2D eigenvalue weighted by Crippen LogP contribution is -2.44. The molecule has 6 heterocycles. The van der Waals surface area contributed by atoms with Crippen molar-refractivity contribution in [2.24, 2.45) is 5.92 Å². The molecule has 10 nitrogen and oxygen atoms in total. The Morgan fingerprint density at radius 1 is 1.27 bits per heavy atom. The molecule has 4 aliphatic heterocycles. The van der Waals surface area contributed by atoms with E-state index in [0.29, 0.717) is 38.3 Å². The first kappa shape index (κ1) is 32.2. The van der Waals surface area contributed by atoms with Crippen molar-refractivity contribution in [1.82, 2.24) is 19.8 Å². The van der Waals surface area contributed by atoms with Gasteiger partial charge < -0.3 is 25.0 Å². The monoisotopic (exact) mass is 711 g/mol. The van der Waals surface area contributed by atoms with Crippen molar-refractivity contribution in [1.29, 1.82) is 5.26 Å². The summed E-state index contributed by atoms with van der Waals surface area (Å²) >= 11 is 7.94. The quantitative estimate of drug-likeness (QED) is 0.260. The molecule has 3 fully saturated rings. The molecule has 1 amide bonds. The molecule has 15 heteroatoms. The Morgan fingerprint density at radius 2 is 2.08 bits per heavy atom. The van der Waals surface area contributed by atoms with E-state index in [4.69, 9.17) is 31.8 Å². The molecule has 0 spiro atoms. The summed E-state index contributed by atoms with van der Waals surface area (Å²) < 4.78 is 59.5. The van der Waals surface area contributed by atoms with Crippen LogP contribution in [-0.2, 0) is 4.79 Å². The van der Waals surface area contributed by atoms with E-state index in [1.165, 1.54) is 12.1 Å². The maximum Gasteiger partial charge on any atom is 0.319 e. The number of carbonyl (C=O) groups is 1. The molecule has 8 rings (SSSR count). The zero-order valence-corrected chi connectivity index (χ0v) is 28.4. The van der Waals surface area contributed by atoms with Crippen molar-refractivity contribution in [2.45, 2.75) is 50.4 Å². The molecule has 4 aliphatic rings. The minimum atomic E-state index is -0.969. The number of hydrogen-bond donors (Lipinski definition) is 1. The van der Waals surface area contributed by atoms with Crippen molar-refractivity contribution >= 4 is 60.7 Å². The van der Waals surface area contributed by atoms with Crippen LogP contribution in [0.3, 0.4) is 0 Å². The second-order valence-electron chi connectivity index (χ2n) is 13.6. The molecule has 3 saturated heterocycles. The fourth-order valence-corrected chi connectivity index (χ4v) is 9.39. The van der Waals surface area contributed by atoms with Gasteiger partial charge >= 0.3 is 6.01 Å². The van der Waals surface area contributed by atoms with Crippen molar-refractivity contribution in [2.75, 3.05) is 57.1 Å². The third-order valence-electron chi connectivity index (χ3n) is 10.6. The lowest BCUT2D eigenvalue weighted by atomic mass is 9.95. The Bertz CT molecular complexity index is 2090. The molecule has 0 bridgehead atoms. The molecule has 256 valence electrons. The van der Waals surface area contributed by atoms with Crippen LogP contribution in [0.15, 0.2) is 12.1 Å². The van der Waals surface area contributed by atoms with Gasteiger partial charge in [-0.1, -0.05) is 17.7 Å². The number of nitriles is 1. The van der Waals surface area contributed by atoms with Gasteiger partial charge in [-0.2, -0.15) is 15.2 Å². The van der Waals surface area contributed by atoms with Crippen molar-refractivity contribution in [3.8, 4) is 29.0 Å².